The molecule has 0 saturated carbocycles. The second kappa shape index (κ2) is 17.7. The molecule has 9 heteroatoms. The standard InChI is InChI=1S/C37H40N6O3/c1-4-7-10-21-30(6-3)43-32-23-14-13-22-31(32)40-34(43)27-39-36(45)37-41-33(42-46-37)24-16-26-38-35(44)25-15-20-28(17-8-5-2)29-18-11-9-12-19-29/h4-5,7,9-15,17-23H,1-2,6,8,16,24-27H2,3H3,(H,38,44)(H,39,45)/b10-7-,20-15-,28-17+,30-21+. The van der Waals surface area contributed by atoms with Crippen molar-refractivity contribution >= 4 is 34.1 Å². The molecule has 0 saturated heterocycles. The first-order valence-electron chi connectivity index (χ1n) is 15.4. The SMILES string of the molecule is C=C/C=C\C=C(/CC)n1c(CNC(=O)c2nc(CCCNC(=O)C/C=C\C(=C/CC=C)c3ccccc3)no2)nc2ccccc21. The highest BCUT2D eigenvalue weighted by molar-refractivity contribution is 5.89. The van der Waals surface area contributed by atoms with E-state index in [1.54, 1.807) is 6.08 Å². The van der Waals surface area contributed by atoms with Crippen molar-refractivity contribution in [2.45, 2.75) is 45.6 Å². The van der Waals surface area contributed by atoms with E-state index in [-0.39, 0.29) is 24.8 Å². The summed E-state index contributed by atoms with van der Waals surface area (Å²) in [4.78, 5) is 34.2. The maximum atomic E-state index is 12.9. The number of rotatable bonds is 17. The molecule has 0 fully saturated rings. The highest BCUT2D eigenvalue weighted by Crippen LogP contribution is 2.23. The molecule has 2 N–H and O–H groups in total. The van der Waals surface area contributed by atoms with Crippen molar-refractivity contribution in [3.8, 4) is 0 Å². The summed E-state index contributed by atoms with van der Waals surface area (Å²) >= 11 is 0. The minimum atomic E-state index is -0.483. The molecule has 0 bridgehead atoms. The number of amides is 2. The van der Waals surface area contributed by atoms with Crippen molar-refractivity contribution in [1.29, 1.82) is 0 Å². The minimum absolute atomic E-state index is 0.0793. The number of hydrogen-bond donors (Lipinski definition) is 2. The summed E-state index contributed by atoms with van der Waals surface area (Å²) in [6.45, 7) is 10.2. The third kappa shape index (κ3) is 9.46. The first kappa shape index (κ1) is 33.3. The number of nitrogens with zero attached hydrogens (tertiary/aromatic N) is 4. The van der Waals surface area contributed by atoms with Crippen LogP contribution in [-0.4, -0.2) is 38.1 Å². The topological polar surface area (TPSA) is 115 Å². The first-order chi connectivity index (χ1) is 22.5. The molecule has 2 heterocycles. The van der Waals surface area contributed by atoms with Gasteiger partial charge in [0.25, 0.3) is 0 Å². The predicted octanol–water partition coefficient (Wildman–Crippen LogP) is 7.00. The van der Waals surface area contributed by atoms with Crippen LogP contribution in [-0.2, 0) is 17.8 Å². The fourth-order valence-electron chi connectivity index (χ4n) is 4.76. The molecule has 0 atom stereocenters. The van der Waals surface area contributed by atoms with E-state index in [9.17, 15) is 9.59 Å². The van der Waals surface area contributed by atoms with Gasteiger partial charge in [0, 0.05) is 25.1 Å². The van der Waals surface area contributed by atoms with Gasteiger partial charge in [0.1, 0.15) is 5.82 Å². The van der Waals surface area contributed by atoms with Crippen molar-refractivity contribution in [1.82, 2.24) is 30.3 Å². The highest BCUT2D eigenvalue weighted by atomic mass is 16.5. The summed E-state index contributed by atoms with van der Waals surface area (Å²) in [6.07, 6.45) is 18.1. The van der Waals surface area contributed by atoms with Crippen LogP contribution < -0.4 is 10.6 Å². The highest BCUT2D eigenvalue weighted by Gasteiger charge is 2.18. The summed E-state index contributed by atoms with van der Waals surface area (Å²) < 4.78 is 7.27. The fraction of sp³-hybridized carbons (Fsp3) is 0.216. The smallest absolute Gasteiger partial charge is 0.315 e. The van der Waals surface area contributed by atoms with Gasteiger partial charge in [-0.1, -0.05) is 104 Å². The van der Waals surface area contributed by atoms with Crippen LogP contribution in [0.4, 0.5) is 0 Å². The third-order valence-corrected chi connectivity index (χ3v) is 7.00. The van der Waals surface area contributed by atoms with E-state index in [2.05, 4.69) is 46.9 Å². The monoisotopic (exact) mass is 616 g/mol. The number of aryl methyl sites for hydroxylation is 1. The molecule has 2 amide bonds. The van der Waals surface area contributed by atoms with Gasteiger partial charge < -0.3 is 15.2 Å². The Balaban J connectivity index is 1.26. The lowest BCUT2D eigenvalue weighted by atomic mass is 10.0. The quantitative estimate of drug-likeness (QED) is 0.0750. The van der Waals surface area contributed by atoms with Crippen molar-refractivity contribution in [3.63, 3.8) is 0 Å². The van der Waals surface area contributed by atoms with Crippen LogP contribution in [0.5, 0.6) is 0 Å². The van der Waals surface area contributed by atoms with Gasteiger partial charge in [-0.3, -0.25) is 14.2 Å². The Kier molecular flexibility index (Phi) is 12.8. The number of para-hydroxylation sites is 2. The summed E-state index contributed by atoms with van der Waals surface area (Å²) in [5, 5.41) is 9.70. The number of carbonyl (C=O) groups is 2. The van der Waals surface area contributed by atoms with E-state index in [0.29, 0.717) is 31.0 Å². The molecule has 4 aromatic rings. The van der Waals surface area contributed by atoms with E-state index < -0.39 is 5.91 Å². The molecule has 0 aliphatic carbocycles. The van der Waals surface area contributed by atoms with Crippen LogP contribution in [0.25, 0.3) is 22.3 Å². The summed E-state index contributed by atoms with van der Waals surface area (Å²) in [7, 11) is 0. The molecule has 0 aliphatic heterocycles. The molecule has 9 nitrogen and oxygen atoms in total. The molecule has 46 heavy (non-hydrogen) atoms. The molecular formula is C37H40N6O3. The normalized spacial score (nSPS) is 12.2. The molecule has 236 valence electrons. The van der Waals surface area contributed by atoms with Gasteiger partial charge >= 0.3 is 11.8 Å². The van der Waals surface area contributed by atoms with Crippen LogP contribution in [0.3, 0.4) is 0 Å². The molecule has 2 aromatic carbocycles. The second-order valence-electron chi connectivity index (χ2n) is 10.3. The average Bonchev–Trinajstić information content (AvgIpc) is 3.71. The van der Waals surface area contributed by atoms with E-state index in [4.69, 9.17) is 9.51 Å². The number of benzene rings is 2. The number of allylic oxidation sites excluding steroid dienone is 9. The lowest BCUT2D eigenvalue weighted by molar-refractivity contribution is -0.120. The number of nitrogens with one attached hydrogen (secondary N) is 2. The largest absolute Gasteiger partial charge is 0.356 e. The number of fused-ring (bicyclic) bond motifs is 1. The Labute approximate surface area is 269 Å². The molecule has 0 aliphatic rings. The Hall–Kier alpha value is -5.57. The maximum Gasteiger partial charge on any atom is 0.315 e. The van der Waals surface area contributed by atoms with Gasteiger partial charge in [0.05, 0.1) is 17.6 Å². The number of imidazole rings is 1. The number of aromatic nitrogens is 4. The lowest BCUT2D eigenvalue weighted by Gasteiger charge is -2.12. The van der Waals surface area contributed by atoms with Crippen LogP contribution in [0, 0.1) is 0 Å². The molecule has 4 rings (SSSR count). The van der Waals surface area contributed by atoms with Crippen LogP contribution in [0.15, 0.2) is 121 Å². The molecule has 0 radical (unpaired) electrons. The summed E-state index contributed by atoms with van der Waals surface area (Å²) in [6, 6.07) is 17.9. The van der Waals surface area contributed by atoms with Gasteiger partial charge in [0.2, 0.25) is 5.91 Å². The van der Waals surface area contributed by atoms with Gasteiger partial charge in [-0.05, 0) is 48.6 Å². The Morgan fingerprint density at radius 2 is 1.80 bits per heavy atom. The molecular weight excluding hydrogens is 576 g/mol. The molecule has 0 spiro atoms. The zero-order chi connectivity index (χ0) is 32.6. The van der Waals surface area contributed by atoms with Gasteiger partial charge in [-0.15, -0.1) is 6.58 Å². The van der Waals surface area contributed by atoms with E-state index in [1.807, 2.05) is 95.6 Å². The Morgan fingerprint density at radius 3 is 2.59 bits per heavy atom. The van der Waals surface area contributed by atoms with Crippen LogP contribution in [0.2, 0.25) is 0 Å². The van der Waals surface area contributed by atoms with Gasteiger partial charge in [0.15, 0.2) is 5.82 Å². The fourth-order valence-corrected chi connectivity index (χ4v) is 4.76. The van der Waals surface area contributed by atoms with Gasteiger partial charge in [-0.2, -0.15) is 4.98 Å². The third-order valence-electron chi connectivity index (χ3n) is 7.00. The predicted molar refractivity (Wildman–Crippen MR) is 183 cm³/mol. The van der Waals surface area contributed by atoms with Crippen LogP contribution in [0.1, 0.15) is 60.5 Å². The lowest BCUT2D eigenvalue weighted by Crippen LogP contribution is -2.25. The van der Waals surface area contributed by atoms with E-state index >= 15 is 0 Å². The van der Waals surface area contributed by atoms with E-state index in [1.165, 1.54) is 0 Å². The summed E-state index contributed by atoms with van der Waals surface area (Å²) in [5.41, 5.74) is 4.94. The first-order valence-corrected chi connectivity index (χ1v) is 15.4. The number of hydrogen-bond acceptors (Lipinski definition) is 6. The zero-order valence-electron chi connectivity index (χ0n) is 26.2. The number of carbonyl (C=O) groups excluding carboxylic acids is 2. The van der Waals surface area contributed by atoms with Gasteiger partial charge in [-0.25, -0.2) is 4.98 Å². The Bertz CT molecular complexity index is 1760. The van der Waals surface area contributed by atoms with E-state index in [0.717, 1.165) is 40.7 Å². The summed E-state index contributed by atoms with van der Waals surface area (Å²) in [5.74, 6) is 0.402. The second-order valence-corrected chi connectivity index (χ2v) is 10.3. The average molecular weight is 617 g/mol. The van der Waals surface area contributed by atoms with Crippen LogP contribution >= 0.6 is 0 Å². The zero-order valence-corrected chi connectivity index (χ0v) is 26.2. The Morgan fingerprint density at radius 1 is 1.00 bits per heavy atom. The van der Waals surface area contributed by atoms with Crippen molar-refractivity contribution in [2.75, 3.05) is 6.54 Å². The van der Waals surface area contributed by atoms with Crippen molar-refractivity contribution in [2.24, 2.45) is 0 Å². The van der Waals surface area contributed by atoms with Crippen molar-refractivity contribution < 1.29 is 14.1 Å². The molecule has 2 aromatic heterocycles. The maximum absolute atomic E-state index is 12.9. The van der Waals surface area contributed by atoms with Crippen molar-refractivity contribution in [3.05, 3.63) is 139 Å². The molecule has 0 unspecified atom stereocenters. The minimum Gasteiger partial charge on any atom is -0.356 e.